The van der Waals surface area contributed by atoms with E-state index >= 15 is 0 Å². The summed E-state index contributed by atoms with van der Waals surface area (Å²) < 4.78 is 0. The highest BCUT2D eigenvalue weighted by molar-refractivity contribution is 5.61. The van der Waals surface area contributed by atoms with Gasteiger partial charge in [-0.25, -0.2) is 9.97 Å². The van der Waals surface area contributed by atoms with Crippen LogP contribution in [0.25, 0.3) is 0 Å². The van der Waals surface area contributed by atoms with Gasteiger partial charge in [0.05, 0.1) is 6.10 Å². The summed E-state index contributed by atoms with van der Waals surface area (Å²) in [6.07, 6.45) is 0.922. The molecule has 2 aliphatic rings. The molecule has 3 heterocycles. The van der Waals surface area contributed by atoms with Gasteiger partial charge in [-0.15, -0.1) is 5.11 Å². The molecule has 102 valence electrons. The first-order chi connectivity index (χ1) is 9.19. The summed E-state index contributed by atoms with van der Waals surface area (Å²) >= 11 is 0. The van der Waals surface area contributed by atoms with Gasteiger partial charge in [0.1, 0.15) is 18.1 Å². The number of likely N-dealkylation sites (tertiary alicyclic amines) is 1. The van der Waals surface area contributed by atoms with Crippen LogP contribution in [0.5, 0.6) is 0 Å². The third-order valence-corrected chi connectivity index (χ3v) is 3.64. The zero-order chi connectivity index (χ0) is 13.4. The fourth-order valence-electron chi connectivity index (χ4n) is 2.57. The Morgan fingerprint density at radius 3 is 2.95 bits per heavy atom. The van der Waals surface area contributed by atoms with E-state index in [-0.39, 0.29) is 18.6 Å². The summed E-state index contributed by atoms with van der Waals surface area (Å²) in [5, 5.41) is 27.1. The number of anilines is 1. The second-order valence-corrected chi connectivity index (χ2v) is 4.95. The first-order valence-electron chi connectivity index (χ1n) is 6.21. The van der Waals surface area contributed by atoms with E-state index in [0.717, 1.165) is 5.69 Å². The lowest BCUT2D eigenvalue weighted by Gasteiger charge is -2.17. The maximum atomic E-state index is 9.77. The Bertz CT molecular complexity index is 508. The average Bonchev–Trinajstić information content (AvgIpc) is 2.95. The fraction of sp³-hybridized carbons (Fsp3) is 0.636. The minimum absolute atomic E-state index is 0.00441. The van der Waals surface area contributed by atoms with Gasteiger partial charge in [-0.05, 0) is 0 Å². The number of β-amino-alcohol motifs (C(OH)–C–C–N with tert-alkyl or cyclic N) is 1. The molecule has 0 bridgehead atoms. The predicted molar refractivity (Wildman–Crippen MR) is 66.7 cm³/mol. The van der Waals surface area contributed by atoms with Crippen molar-refractivity contribution < 1.29 is 10.2 Å². The molecule has 0 aliphatic carbocycles. The van der Waals surface area contributed by atoms with Crippen LogP contribution < -0.4 is 5.73 Å². The second kappa shape index (κ2) is 4.80. The van der Waals surface area contributed by atoms with Crippen LogP contribution in [0.3, 0.4) is 0 Å². The molecule has 0 amide bonds. The Morgan fingerprint density at radius 1 is 1.37 bits per heavy atom. The molecule has 8 heteroatoms. The summed E-state index contributed by atoms with van der Waals surface area (Å²) in [6.45, 7) is 1.79. The molecular weight excluding hydrogens is 248 g/mol. The average molecular weight is 264 g/mol. The van der Waals surface area contributed by atoms with Gasteiger partial charge >= 0.3 is 0 Å². The lowest BCUT2D eigenvalue weighted by atomic mass is 10.1. The van der Waals surface area contributed by atoms with Crippen molar-refractivity contribution in [3.05, 3.63) is 12.0 Å². The topological polar surface area (TPSA) is 120 Å². The number of nitrogens with zero attached hydrogens (tertiary/aromatic N) is 5. The lowest BCUT2D eigenvalue weighted by Crippen LogP contribution is -2.26. The van der Waals surface area contributed by atoms with E-state index in [4.69, 9.17) is 10.8 Å². The number of fused-ring (bicyclic) bond motifs is 1. The standard InChI is InChI=1S/C11H16N6O2/c12-11-10-9(13-5-14-11)7(15-16-10)2-17-1-6(4-18)8(19)3-17/h5-8,18-19H,1-4H2,(H2,12,13,14)/t6-,7?,8+/m1/s1. The summed E-state index contributed by atoms with van der Waals surface area (Å²) in [4.78, 5) is 10.1. The van der Waals surface area contributed by atoms with E-state index < -0.39 is 6.10 Å². The van der Waals surface area contributed by atoms with Gasteiger partial charge in [0.25, 0.3) is 0 Å². The van der Waals surface area contributed by atoms with Crippen LogP contribution in [0.2, 0.25) is 0 Å². The Morgan fingerprint density at radius 2 is 2.21 bits per heavy atom. The zero-order valence-electron chi connectivity index (χ0n) is 10.3. The smallest absolute Gasteiger partial charge is 0.155 e. The molecule has 0 spiro atoms. The number of nitrogen functional groups attached to an aromatic ring is 1. The highest BCUT2D eigenvalue weighted by Gasteiger charge is 2.34. The molecule has 1 fully saturated rings. The SMILES string of the molecule is Nc1ncnc2c1N=NC2CN1C[C@H](CO)[C@@H](O)C1. The first-order valence-corrected chi connectivity index (χ1v) is 6.21. The van der Waals surface area contributed by atoms with Gasteiger partial charge in [0.15, 0.2) is 11.5 Å². The van der Waals surface area contributed by atoms with Crippen molar-refractivity contribution in [1.82, 2.24) is 14.9 Å². The molecule has 0 saturated carbocycles. The zero-order valence-corrected chi connectivity index (χ0v) is 10.3. The minimum atomic E-state index is -0.488. The lowest BCUT2D eigenvalue weighted by molar-refractivity contribution is 0.103. The highest BCUT2D eigenvalue weighted by Crippen LogP contribution is 2.37. The van der Waals surface area contributed by atoms with Crippen LogP contribution in [0.4, 0.5) is 11.5 Å². The molecule has 0 radical (unpaired) electrons. The summed E-state index contributed by atoms with van der Waals surface area (Å²) in [5.74, 6) is 0.249. The van der Waals surface area contributed by atoms with Crippen LogP contribution >= 0.6 is 0 Å². The van der Waals surface area contributed by atoms with Crippen LogP contribution in [0, 0.1) is 5.92 Å². The van der Waals surface area contributed by atoms with Crippen molar-refractivity contribution in [2.45, 2.75) is 12.1 Å². The number of aliphatic hydroxyl groups excluding tert-OH is 2. The second-order valence-electron chi connectivity index (χ2n) is 4.95. The molecular formula is C11H16N6O2. The highest BCUT2D eigenvalue weighted by atomic mass is 16.3. The van der Waals surface area contributed by atoms with Gasteiger partial charge in [-0.3, -0.25) is 4.90 Å². The van der Waals surface area contributed by atoms with E-state index in [2.05, 4.69) is 25.1 Å². The molecule has 4 N–H and O–H groups in total. The van der Waals surface area contributed by atoms with Crippen molar-refractivity contribution >= 4 is 11.5 Å². The van der Waals surface area contributed by atoms with Gasteiger partial charge in [-0.1, -0.05) is 0 Å². The number of hydrogen-bond acceptors (Lipinski definition) is 8. The van der Waals surface area contributed by atoms with Crippen LogP contribution in [0.1, 0.15) is 11.7 Å². The maximum Gasteiger partial charge on any atom is 0.155 e. The number of aromatic nitrogens is 2. The van der Waals surface area contributed by atoms with E-state index in [1.54, 1.807) is 0 Å². The molecule has 1 saturated heterocycles. The number of aliphatic hydroxyl groups is 2. The largest absolute Gasteiger partial charge is 0.396 e. The Labute approximate surface area is 110 Å². The van der Waals surface area contributed by atoms with Crippen molar-refractivity contribution in [1.29, 1.82) is 0 Å². The quantitative estimate of drug-likeness (QED) is 0.675. The Balaban J connectivity index is 1.71. The molecule has 8 nitrogen and oxygen atoms in total. The van der Waals surface area contributed by atoms with Gasteiger partial charge in [0.2, 0.25) is 0 Å². The monoisotopic (exact) mass is 264 g/mol. The van der Waals surface area contributed by atoms with E-state index in [1.165, 1.54) is 6.33 Å². The van der Waals surface area contributed by atoms with Gasteiger partial charge in [-0.2, -0.15) is 5.11 Å². The Hall–Kier alpha value is -1.64. The Kier molecular flexibility index (Phi) is 3.13. The van der Waals surface area contributed by atoms with E-state index in [9.17, 15) is 5.11 Å². The number of nitrogens with two attached hydrogens (primary N) is 1. The molecule has 19 heavy (non-hydrogen) atoms. The van der Waals surface area contributed by atoms with Crippen molar-refractivity contribution in [3.63, 3.8) is 0 Å². The molecule has 1 unspecified atom stereocenters. The minimum Gasteiger partial charge on any atom is -0.396 e. The summed E-state index contributed by atoms with van der Waals surface area (Å²) in [7, 11) is 0. The first kappa shape index (κ1) is 12.4. The molecule has 1 aromatic rings. The van der Waals surface area contributed by atoms with E-state index in [0.29, 0.717) is 31.1 Å². The molecule has 0 aromatic carbocycles. The number of rotatable bonds is 3. The maximum absolute atomic E-state index is 9.77. The fourth-order valence-corrected chi connectivity index (χ4v) is 2.57. The van der Waals surface area contributed by atoms with Crippen molar-refractivity contribution in [2.24, 2.45) is 16.1 Å². The normalized spacial score (nSPS) is 29.9. The number of hydrogen-bond donors (Lipinski definition) is 3. The van der Waals surface area contributed by atoms with Crippen LogP contribution in [0.15, 0.2) is 16.6 Å². The van der Waals surface area contributed by atoms with Crippen molar-refractivity contribution in [2.75, 3.05) is 32.0 Å². The molecule has 1 aromatic heterocycles. The molecule has 2 aliphatic heterocycles. The van der Waals surface area contributed by atoms with Crippen LogP contribution in [-0.4, -0.2) is 57.4 Å². The third kappa shape index (κ3) is 2.18. The predicted octanol–water partition coefficient (Wildman–Crippen LogP) is -0.518. The van der Waals surface area contributed by atoms with Crippen LogP contribution in [-0.2, 0) is 0 Å². The molecule has 3 rings (SSSR count). The summed E-state index contributed by atoms with van der Waals surface area (Å²) in [6, 6.07) is -0.176. The van der Waals surface area contributed by atoms with Crippen molar-refractivity contribution in [3.8, 4) is 0 Å². The van der Waals surface area contributed by atoms with Gasteiger partial charge in [0, 0.05) is 32.2 Å². The third-order valence-electron chi connectivity index (χ3n) is 3.64. The summed E-state index contributed by atoms with van der Waals surface area (Å²) in [5.41, 5.74) is 6.99. The van der Waals surface area contributed by atoms with E-state index in [1.807, 2.05) is 0 Å². The molecule has 3 atom stereocenters. The number of azo groups is 1. The van der Waals surface area contributed by atoms with Gasteiger partial charge < -0.3 is 15.9 Å².